The van der Waals surface area contributed by atoms with Gasteiger partial charge in [0.25, 0.3) is 11.1 Å². The molecule has 0 aromatic heterocycles. The molecule has 1 atom stereocenters. The normalized spacial score (nSPS) is 16.6. The van der Waals surface area contributed by atoms with Gasteiger partial charge < -0.3 is 14.2 Å². The Bertz CT molecular complexity index is 794. The molecular formula is C18H20BrNO6S. The fraction of sp³-hybridized carbons (Fsp3) is 0.389. The van der Waals surface area contributed by atoms with Gasteiger partial charge in [-0.2, -0.15) is 0 Å². The van der Waals surface area contributed by atoms with Crippen molar-refractivity contribution < 1.29 is 28.6 Å². The molecular weight excluding hydrogens is 438 g/mol. The SMILES string of the molecule is CCOc1cc(OCC)c(C=C2SC(=O)N(C(C)C(=O)OC)C2=O)cc1Br. The number of rotatable bonds is 7. The third kappa shape index (κ3) is 4.65. The van der Waals surface area contributed by atoms with E-state index in [9.17, 15) is 14.4 Å². The lowest BCUT2D eigenvalue weighted by Gasteiger charge is -2.18. The van der Waals surface area contributed by atoms with E-state index in [1.807, 2.05) is 13.8 Å². The van der Waals surface area contributed by atoms with Gasteiger partial charge in [0, 0.05) is 11.6 Å². The zero-order valence-electron chi connectivity index (χ0n) is 15.4. The minimum absolute atomic E-state index is 0.202. The van der Waals surface area contributed by atoms with E-state index >= 15 is 0 Å². The van der Waals surface area contributed by atoms with Crippen molar-refractivity contribution in [2.75, 3.05) is 20.3 Å². The standard InChI is InChI=1S/C18H20BrNO6S/c1-5-25-13-9-14(26-6-2)12(19)7-11(13)8-15-16(21)20(18(23)27-15)10(3)17(22)24-4/h7-10H,5-6H2,1-4H3. The molecule has 1 aromatic carbocycles. The summed E-state index contributed by atoms with van der Waals surface area (Å²) in [7, 11) is 1.21. The summed E-state index contributed by atoms with van der Waals surface area (Å²) in [6.07, 6.45) is 1.57. The molecule has 1 heterocycles. The lowest BCUT2D eigenvalue weighted by molar-refractivity contribution is -0.148. The van der Waals surface area contributed by atoms with Crippen molar-refractivity contribution in [2.45, 2.75) is 26.8 Å². The smallest absolute Gasteiger partial charge is 0.328 e. The van der Waals surface area contributed by atoms with Gasteiger partial charge in [0.1, 0.15) is 17.5 Å². The van der Waals surface area contributed by atoms with Gasteiger partial charge in [-0.05, 0) is 60.6 Å². The Kier molecular flexibility index (Phi) is 7.32. The molecule has 0 saturated carbocycles. The third-order valence-corrected chi connectivity index (χ3v) is 5.21. The highest BCUT2D eigenvalue weighted by atomic mass is 79.9. The fourth-order valence-corrected chi connectivity index (χ4v) is 3.82. The Morgan fingerprint density at radius 3 is 2.44 bits per heavy atom. The molecule has 27 heavy (non-hydrogen) atoms. The summed E-state index contributed by atoms with van der Waals surface area (Å²) in [5.74, 6) is -0.0600. The first kappa shape index (κ1) is 21.3. The fourth-order valence-electron chi connectivity index (χ4n) is 2.44. The van der Waals surface area contributed by atoms with E-state index in [1.165, 1.54) is 14.0 Å². The topological polar surface area (TPSA) is 82.1 Å². The van der Waals surface area contributed by atoms with Crippen LogP contribution in [0.4, 0.5) is 4.79 Å². The Labute approximate surface area is 170 Å². The number of hydrogen-bond donors (Lipinski definition) is 0. The molecule has 1 aliphatic rings. The van der Waals surface area contributed by atoms with Crippen molar-refractivity contribution in [1.29, 1.82) is 0 Å². The van der Waals surface area contributed by atoms with E-state index in [-0.39, 0.29) is 4.91 Å². The lowest BCUT2D eigenvalue weighted by atomic mass is 10.1. The van der Waals surface area contributed by atoms with Crippen molar-refractivity contribution in [3.05, 3.63) is 27.1 Å². The maximum atomic E-state index is 12.6. The average molecular weight is 458 g/mol. The van der Waals surface area contributed by atoms with E-state index in [4.69, 9.17) is 9.47 Å². The van der Waals surface area contributed by atoms with Crippen molar-refractivity contribution in [1.82, 2.24) is 4.90 Å². The van der Waals surface area contributed by atoms with Crippen molar-refractivity contribution >= 4 is 50.9 Å². The number of hydrogen-bond acceptors (Lipinski definition) is 7. The van der Waals surface area contributed by atoms with Crippen LogP contribution in [0.5, 0.6) is 11.5 Å². The average Bonchev–Trinajstić information content (AvgIpc) is 2.91. The molecule has 0 N–H and O–H groups in total. The Hall–Kier alpha value is -2.00. The van der Waals surface area contributed by atoms with Gasteiger partial charge >= 0.3 is 5.97 Å². The monoisotopic (exact) mass is 457 g/mol. The van der Waals surface area contributed by atoms with Crippen LogP contribution in [0.15, 0.2) is 21.5 Å². The number of imide groups is 1. The largest absolute Gasteiger partial charge is 0.493 e. The number of carbonyl (C=O) groups excluding carboxylic acids is 3. The van der Waals surface area contributed by atoms with Crippen LogP contribution in [0.25, 0.3) is 6.08 Å². The molecule has 1 aromatic rings. The van der Waals surface area contributed by atoms with Gasteiger partial charge in [0.2, 0.25) is 0 Å². The summed E-state index contributed by atoms with van der Waals surface area (Å²) in [5, 5.41) is -0.521. The molecule has 1 saturated heterocycles. The Balaban J connectivity index is 2.40. The zero-order chi connectivity index (χ0) is 20.1. The number of esters is 1. The minimum Gasteiger partial charge on any atom is -0.493 e. The second kappa shape index (κ2) is 9.27. The van der Waals surface area contributed by atoms with Crippen LogP contribution in [0.3, 0.4) is 0 Å². The molecule has 2 amide bonds. The third-order valence-electron chi connectivity index (χ3n) is 3.70. The maximum absolute atomic E-state index is 12.6. The van der Waals surface area contributed by atoms with Gasteiger partial charge in [0.05, 0.1) is 29.7 Å². The van der Waals surface area contributed by atoms with E-state index in [2.05, 4.69) is 20.7 Å². The molecule has 2 rings (SSSR count). The number of thioether (sulfide) groups is 1. The Morgan fingerprint density at radius 1 is 1.22 bits per heavy atom. The van der Waals surface area contributed by atoms with E-state index in [0.717, 1.165) is 16.7 Å². The molecule has 0 spiro atoms. The number of methoxy groups -OCH3 is 1. The number of ether oxygens (including phenoxy) is 3. The quantitative estimate of drug-likeness (QED) is 0.454. The molecule has 0 bridgehead atoms. The summed E-state index contributed by atoms with van der Waals surface area (Å²) >= 11 is 4.20. The highest BCUT2D eigenvalue weighted by Gasteiger charge is 2.41. The zero-order valence-corrected chi connectivity index (χ0v) is 17.8. The minimum atomic E-state index is -0.994. The first-order chi connectivity index (χ1) is 12.8. The first-order valence-electron chi connectivity index (χ1n) is 8.28. The van der Waals surface area contributed by atoms with Crippen molar-refractivity contribution in [2.24, 2.45) is 0 Å². The molecule has 1 fully saturated rings. The van der Waals surface area contributed by atoms with Crippen molar-refractivity contribution in [3.63, 3.8) is 0 Å². The van der Waals surface area contributed by atoms with E-state index in [1.54, 1.807) is 18.2 Å². The second-order valence-corrected chi connectivity index (χ2v) is 7.28. The predicted octanol–water partition coefficient (Wildman–Crippen LogP) is 3.84. The number of halogens is 1. The van der Waals surface area contributed by atoms with Crippen LogP contribution in [0.1, 0.15) is 26.3 Å². The van der Waals surface area contributed by atoms with Gasteiger partial charge in [-0.25, -0.2) is 4.79 Å². The van der Waals surface area contributed by atoms with Crippen LogP contribution in [0, 0.1) is 0 Å². The van der Waals surface area contributed by atoms with Crippen LogP contribution >= 0.6 is 27.7 Å². The van der Waals surface area contributed by atoms with Crippen molar-refractivity contribution in [3.8, 4) is 11.5 Å². The Morgan fingerprint density at radius 2 is 1.85 bits per heavy atom. The van der Waals surface area contributed by atoms with Gasteiger partial charge in [-0.15, -0.1) is 0 Å². The lowest BCUT2D eigenvalue weighted by Crippen LogP contribution is -2.42. The molecule has 0 radical (unpaired) electrons. The van der Waals surface area contributed by atoms with Gasteiger partial charge in [0.15, 0.2) is 0 Å². The van der Waals surface area contributed by atoms with Gasteiger partial charge in [-0.3, -0.25) is 14.5 Å². The summed E-state index contributed by atoms with van der Waals surface area (Å²) in [6.45, 7) is 6.09. The predicted molar refractivity (Wildman–Crippen MR) is 106 cm³/mol. The highest BCUT2D eigenvalue weighted by molar-refractivity contribution is 9.10. The number of nitrogens with zero attached hydrogens (tertiary/aromatic N) is 1. The molecule has 9 heteroatoms. The van der Waals surface area contributed by atoms with E-state index in [0.29, 0.717) is 34.7 Å². The molecule has 7 nitrogen and oxygen atoms in total. The summed E-state index contributed by atoms with van der Waals surface area (Å²) in [5.41, 5.74) is 0.614. The molecule has 1 unspecified atom stereocenters. The first-order valence-corrected chi connectivity index (χ1v) is 9.88. The molecule has 1 aliphatic heterocycles. The maximum Gasteiger partial charge on any atom is 0.328 e. The summed E-state index contributed by atoms with van der Waals surface area (Å²) < 4.78 is 16.5. The van der Waals surface area contributed by atoms with Crippen LogP contribution in [-0.2, 0) is 14.3 Å². The number of amides is 2. The van der Waals surface area contributed by atoms with E-state index < -0.39 is 23.2 Å². The van der Waals surface area contributed by atoms with Gasteiger partial charge in [-0.1, -0.05) is 0 Å². The second-order valence-electron chi connectivity index (χ2n) is 5.44. The summed E-state index contributed by atoms with van der Waals surface area (Å²) in [4.78, 5) is 37.7. The van der Waals surface area contributed by atoms with Crippen LogP contribution in [-0.4, -0.2) is 48.4 Å². The summed E-state index contributed by atoms with van der Waals surface area (Å²) in [6, 6.07) is 2.49. The van der Waals surface area contributed by atoms with Crippen LogP contribution in [0.2, 0.25) is 0 Å². The van der Waals surface area contributed by atoms with Crippen LogP contribution < -0.4 is 9.47 Å². The molecule has 146 valence electrons. The number of benzene rings is 1. The highest BCUT2D eigenvalue weighted by Crippen LogP contribution is 2.38. The number of carbonyl (C=O) groups is 3. The molecule has 0 aliphatic carbocycles.